The molecule has 2 rings (SSSR count). The lowest BCUT2D eigenvalue weighted by atomic mass is 9.83. The standard InChI is InChI=1S/C15H23NO2/c1-5-16-14(15(2,3)4)13-10-17-11-8-6-7-9-12(11)18-13/h6-9,13-14,16H,5,10H2,1-4H3. The van der Waals surface area contributed by atoms with Crippen molar-refractivity contribution < 1.29 is 9.47 Å². The Kier molecular flexibility index (Phi) is 3.81. The van der Waals surface area contributed by atoms with E-state index < -0.39 is 0 Å². The molecule has 100 valence electrons. The van der Waals surface area contributed by atoms with Crippen LogP contribution in [0.15, 0.2) is 24.3 Å². The van der Waals surface area contributed by atoms with Gasteiger partial charge in [-0.1, -0.05) is 39.8 Å². The van der Waals surface area contributed by atoms with Gasteiger partial charge in [-0.2, -0.15) is 0 Å². The van der Waals surface area contributed by atoms with Crippen molar-refractivity contribution in [1.29, 1.82) is 0 Å². The van der Waals surface area contributed by atoms with E-state index >= 15 is 0 Å². The van der Waals surface area contributed by atoms with E-state index in [1.807, 2.05) is 24.3 Å². The number of benzene rings is 1. The summed E-state index contributed by atoms with van der Waals surface area (Å²) in [6, 6.07) is 8.13. The number of nitrogens with one attached hydrogen (secondary N) is 1. The van der Waals surface area contributed by atoms with Crippen LogP contribution in [0.5, 0.6) is 11.5 Å². The molecule has 0 aromatic heterocycles. The van der Waals surface area contributed by atoms with Gasteiger partial charge in [-0.3, -0.25) is 0 Å². The highest BCUT2D eigenvalue weighted by Gasteiger charge is 2.36. The topological polar surface area (TPSA) is 30.5 Å². The molecule has 0 saturated carbocycles. The van der Waals surface area contributed by atoms with Gasteiger partial charge in [0.1, 0.15) is 12.7 Å². The third kappa shape index (κ3) is 2.78. The quantitative estimate of drug-likeness (QED) is 0.893. The summed E-state index contributed by atoms with van der Waals surface area (Å²) in [5, 5.41) is 3.52. The zero-order chi connectivity index (χ0) is 13.2. The second-order valence-electron chi connectivity index (χ2n) is 5.82. The van der Waals surface area contributed by atoms with Gasteiger partial charge in [0.2, 0.25) is 0 Å². The summed E-state index contributed by atoms with van der Waals surface area (Å²) in [6.07, 6.45) is 0.0554. The van der Waals surface area contributed by atoms with Crippen molar-refractivity contribution in [3.05, 3.63) is 24.3 Å². The highest BCUT2D eigenvalue weighted by Crippen LogP contribution is 2.34. The second kappa shape index (κ2) is 5.19. The fraction of sp³-hybridized carbons (Fsp3) is 0.600. The molecule has 0 fully saturated rings. The fourth-order valence-corrected chi connectivity index (χ4v) is 2.42. The van der Waals surface area contributed by atoms with Crippen LogP contribution in [0.4, 0.5) is 0 Å². The molecule has 0 saturated heterocycles. The van der Waals surface area contributed by atoms with E-state index in [4.69, 9.17) is 9.47 Å². The van der Waals surface area contributed by atoms with Gasteiger partial charge in [-0.25, -0.2) is 0 Å². The molecule has 0 spiro atoms. The number of hydrogen-bond acceptors (Lipinski definition) is 3. The van der Waals surface area contributed by atoms with E-state index in [2.05, 4.69) is 33.0 Å². The van der Waals surface area contributed by atoms with Crippen molar-refractivity contribution in [3.63, 3.8) is 0 Å². The predicted octanol–water partition coefficient (Wildman–Crippen LogP) is 2.85. The summed E-state index contributed by atoms with van der Waals surface area (Å²) in [6.45, 7) is 10.3. The van der Waals surface area contributed by atoms with Gasteiger partial charge in [0.25, 0.3) is 0 Å². The summed E-state index contributed by atoms with van der Waals surface area (Å²) < 4.78 is 11.9. The molecule has 1 N–H and O–H groups in total. The molecule has 1 aromatic carbocycles. The molecule has 1 aliphatic heterocycles. The van der Waals surface area contributed by atoms with E-state index in [1.54, 1.807) is 0 Å². The number of para-hydroxylation sites is 2. The van der Waals surface area contributed by atoms with Gasteiger partial charge in [0.05, 0.1) is 6.04 Å². The van der Waals surface area contributed by atoms with E-state index in [0.29, 0.717) is 6.61 Å². The lowest BCUT2D eigenvalue weighted by molar-refractivity contribution is 0.0279. The van der Waals surface area contributed by atoms with Gasteiger partial charge in [-0.05, 0) is 24.1 Å². The smallest absolute Gasteiger partial charge is 0.161 e. The average molecular weight is 249 g/mol. The highest BCUT2D eigenvalue weighted by molar-refractivity contribution is 5.40. The third-order valence-electron chi connectivity index (χ3n) is 3.26. The second-order valence-corrected chi connectivity index (χ2v) is 5.82. The highest BCUT2D eigenvalue weighted by atomic mass is 16.6. The molecule has 3 heteroatoms. The number of hydrogen-bond donors (Lipinski definition) is 1. The number of likely N-dealkylation sites (N-methyl/N-ethyl adjacent to an activating group) is 1. The molecule has 18 heavy (non-hydrogen) atoms. The Morgan fingerprint density at radius 2 is 1.94 bits per heavy atom. The van der Waals surface area contributed by atoms with Crippen molar-refractivity contribution in [2.45, 2.75) is 39.8 Å². The van der Waals surface area contributed by atoms with E-state index in [0.717, 1.165) is 18.0 Å². The first-order valence-corrected chi connectivity index (χ1v) is 6.64. The number of rotatable bonds is 3. The van der Waals surface area contributed by atoms with Crippen LogP contribution >= 0.6 is 0 Å². The van der Waals surface area contributed by atoms with Crippen LogP contribution in [0.1, 0.15) is 27.7 Å². The predicted molar refractivity (Wildman–Crippen MR) is 73.3 cm³/mol. The van der Waals surface area contributed by atoms with Crippen LogP contribution in [-0.2, 0) is 0 Å². The van der Waals surface area contributed by atoms with Crippen LogP contribution in [0, 0.1) is 5.41 Å². The zero-order valence-electron chi connectivity index (χ0n) is 11.7. The van der Waals surface area contributed by atoms with Crippen LogP contribution in [-0.4, -0.2) is 25.3 Å². The van der Waals surface area contributed by atoms with Crippen LogP contribution in [0.25, 0.3) is 0 Å². The van der Waals surface area contributed by atoms with Crippen LogP contribution < -0.4 is 14.8 Å². The molecular weight excluding hydrogens is 226 g/mol. The fourth-order valence-electron chi connectivity index (χ4n) is 2.42. The van der Waals surface area contributed by atoms with E-state index in [1.165, 1.54) is 0 Å². The SMILES string of the molecule is CCNC(C1COc2ccccc2O1)C(C)(C)C. The van der Waals surface area contributed by atoms with Crippen molar-refractivity contribution >= 4 is 0 Å². The molecule has 0 amide bonds. The molecule has 1 heterocycles. The summed E-state index contributed by atoms with van der Waals surface area (Å²) in [5.41, 5.74) is 0.135. The lowest BCUT2D eigenvalue weighted by Gasteiger charge is -2.39. The first-order chi connectivity index (χ1) is 8.52. The summed E-state index contributed by atoms with van der Waals surface area (Å²) in [5.74, 6) is 1.69. The van der Waals surface area contributed by atoms with Gasteiger partial charge < -0.3 is 14.8 Å². The Labute approximate surface area is 109 Å². The van der Waals surface area contributed by atoms with Gasteiger partial charge in [-0.15, -0.1) is 0 Å². The zero-order valence-corrected chi connectivity index (χ0v) is 11.7. The van der Waals surface area contributed by atoms with Crippen LogP contribution in [0.2, 0.25) is 0 Å². The molecule has 2 atom stereocenters. The first-order valence-electron chi connectivity index (χ1n) is 6.64. The largest absolute Gasteiger partial charge is 0.486 e. The summed E-state index contributed by atoms with van der Waals surface area (Å²) in [4.78, 5) is 0. The molecule has 1 aliphatic rings. The maximum absolute atomic E-state index is 6.09. The van der Waals surface area contributed by atoms with Gasteiger partial charge >= 0.3 is 0 Å². The summed E-state index contributed by atoms with van der Waals surface area (Å²) >= 11 is 0. The summed E-state index contributed by atoms with van der Waals surface area (Å²) in [7, 11) is 0. The Balaban J connectivity index is 2.15. The number of fused-ring (bicyclic) bond motifs is 1. The Morgan fingerprint density at radius 1 is 1.28 bits per heavy atom. The van der Waals surface area contributed by atoms with Crippen molar-refractivity contribution in [2.75, 3.05) is 13.2 Å². The van der Waals surface area contributed by atoms with Gasteiger partial charge in [0, 0.05) is 0 Å². The molecule has 0 bridgehead atoms. The van der Waals surface area contributed by atoms with E-state index in [9.17, 15) is 0 Å². The third-order valence-corrected chi connectivity index (χ3v) is 3.26. The Morgan fingerprint density at radius 3 is 2.56 bits per heavy atom. The van der Waals surface area contributed by atoms with Crippen LogP contribution in [0.3, 0.4) is 0 Å². The Hall–Kier alpha value is -1.22. The van der Waals surface area contributed by atoms with Gasteiger partial charge in [0.15, 0.2) is 11.5 Å². The van der Waals surface area contributed by atoms with Crippen molar-refractivity contribution in [1.82, 2.24) is 5.32 Å². The van der Waals surface area contributed by atoms with E-state index in [-0.39, 0.29) is 17.6 Å². The maximum atomic E-state index is 6.09. The van der Waals surface area contributed by atoms with Crippen molar-refractivity contribution in [2.24, 2.45) is 5.41 Å². The Bertz CT molecular complexity index is 398. The molecule has 0 radical (unpaired) electrons. The minimum Gasteiger partial charge on any atom is -0.486 e. The average Bonchev–Trinajstić information content (AvgIpc) is 2.34. The molecule has 0 aliphatic carbocycles. The first kappa shape index (κ1) is 13.2. The minimum absolute atomic E-state index is 0.0554. The monoisotopic (exact) mass is 249 g/mol. The molecule has 3 nitrogen and oxygen atoms in total. The number of ether oxygens (including phenoxy) is 2. The maximum Gasteiger partial charge on any atom is 0.161 e. The lowest BCUT2D eigenvalue weighted by Crippen LogP contribution is -2.54. The van der Waals surface area contributed by atoms with Crippen molar-refractivity contribution in [3.8, 4) is 11.5 Å². The minimum atomic E-state index is 0.0554. The molecular formula is C15H23NO2. The normalized spacial score (nSPS) is 20.6. The molecule has 2 unspecified atom stereocenters. The molecule has 1 aromatic rings.